The molecule has 16 heavy (non-hydrogen) atoms. The van der Waals surface area contributed by atoms with Crippen LogP contribution in [0, 0.1) is 5.82 Å². The fourth-order valence-corrected chi connectivity index (χ4v) is 2.39. The van der Waals surface area contributed by atoms with E-state index in [0.29, 0.717) is 10.5 Å². The maximum absolute atomic E-state index is 13.4. The van der Waals surface area contributed by atoms with Crippen molar-refractivity contribution >= 4 is 27.3 Å². The quantitative estimate of drug-likeness (QED) is 0.859. The van der Waals surface area contributed by atoms with Gasteiger partial charge in [-0.1, -0.05) is 13.3 Å². The molecule has 0 bridgehead atoms. The van der Waals surface area contributed by atoms with Crippen LogP contribution in [-0.4, -0.2) is 12.6 Å². The van der Waals surface area contributed by atoms with E-state index in [2.05, 4.69) is 33.5 Å². The van der Waals surface area contributed by atoms with Crippen LogP contribution in [0.2, 0.25) is 0 Å². The minimum Gasteiger partial charge on any atom is -0.383 e. The predicted octanol–water partition coefficient (Wildman–Crippen LogP) is 3.98. The smallest absolute Gasteiger partial charge is 0.139 e. The van der Waals surface area contributed by atoms with Crippen LogP contribution < -0.4 is 10.6 Å². The Bertz CT molecular complexity index is 382. The van der Waals surface area contributed by atoms with E-state index < -0.39 is 0 Å². The Kier molecular flexibility index (Phi) is 3.69. The normalized spacial score (nSPS) is 19.3. The van der Waals surface area contributed by atoms with Gasteiger partial charge in [-0.2, -0.15) is 0 Å². The highest BCUT2D eigenvalue weighted by molar-refractivity contribution is 9.10. The van der Waals surface area contributed by atoms with Crippen molar-refractivity contribution in [2.75, 3.05) is 17.2 Å². The van der Waals surface area contributed by atoms with Crippen molar-refractivity contribution in [1.29, 1.82) is 0 Å². The van der Waals surface area contributed by atoms with Crippen molar-refractivity contribution in [1.82, 2.24) is 0 Å². The molecule has 2 N–H and O–H groups in total. The van der Waals surface area contributed by atoms with Crippen LogP contribution in [0.25, 0.3) is 0 Å². The topological polar surface area (TPSA) is 24.1 Å². The highest BCUT2D eigenvalue weighted by Crippen LogP contribution is 2.31. The van der Waals surface area contributed by atoms with Crippen molar-refractivity contribution in [2.24, 2.45) is 0 Å². The second kappa shape index (κ2) is 5.04. The largest absolute Gasteiger partial charge is 0.383 e. The molecule has 1 aromatic carbocycles. The lowest BCUT2D eigenvalue weighted by molar-refractivity contribution is 0.611. The van der Waals surface area contributed by atoms with E-state index in [0.717, 1.165) is 37.2 Å². The van der Waals surface area contributed by atoms with Gasteiger partial charge in [0.15, 0.2) is 0 Å². The lowest BCUT2D eigenvalue weighted by Gasteiger charge is -2.16. The molecule has 2 rings (SSSR count). The van der Waals surface area contributed by atoms with Gasteiger partial charge in [0, 0.05) is 18.7 Å². The molecule has 0 radical (unpaired) electrons. The molecule has 0 amide bonds. The van der Waals surface area contributed by atoms with Crippen LogP contribution in [0.5, 0.6) is 0 Å². The first-order valence-corrected chi connectivity index (χ1v) is 6.49. The number of hydrogen-bond acceptors (Lipinski definition) is 2. The Morgan fingerprint density at radius 3 is 3.00 bits per heavy atom. The Morgan fingerprint density at radius 1 is 1.44 bits per heavy atom. The van der Waals surface area contributed by atoms with Crippen LogP contribution in [0.4, 0.5) is 15.8 Å². The first kappa shape index (κ1) is 11.7. The molecule has 0 spiro atoms. The van der Waals surface area contributed by atoms with E-state index in [9.17, 15) is 4.39 Å². The zero-order valence-electron chi connectivity index (χ0n) is 9.32. The predicted molar refractivity (Wildman–Crippen MR) is 69.5 cm³/mol. The van der Waals surface area contributed by atoms with Crippen LogP contribution >= 0.6 is 15.9 Å². The second-order valence-corrected chi connectivity index (χ2v) is 5.01. The third-order valence-electron chi connectivity index (χ3n) is 2.87. The lowest BCUT2D eigenvalue weighted by Crippen LogP contribution is -2.19. The van der Waals surface area contributed by atoms with Crippen molar-refractivity contribution in [3.05, 3.63) is 22.4 Å². The number of benzene rings is 1. The SMILES string of the molecule is CCCC1CCNc2cc(Br)c(F)cc2N1. The first-order chi connectivity index (χ1) is 7.70. The van der Waals surface area contributed by atoms with Gasteiger partial charge in [-0.05, 0) is 34.8 Å². The van der Waals surface area contributed by atoms with Gasteiger partial charge >= 0.3 is 0 Å². The van der Waals surface area contributed by atoms with E-state index in [1.54, 1.807) is 12.1 Å². The number of rotatable bonds is 2. The maximum Gasteiger partial charge on any atom is 0.139 e. The Morgan fingerprint density at radius 2 is 2.25 bits per heavy atom. The van der Waals surface area contributed by atoms with Gasteiger partial charge in [0.2, 0.25) is 0 Å². The van der Waals surface area contributed by atoms with Gasteiger partial charge in [-0.3, -0.25) is 0 Å². The second-order valence-electron chi connectivity index (χ2n) is 4.16. The van der Waals surface area contributed by atoms with E-state index in [1.807, 2.05) is 0 Å². The monoisotopic (exact) mass is 286 g/mol. The maximum atomic E-state index is 13.4. The fraction of sp³-hybridized carbons (Fsp3) is 0.500. The van der Waals surface area contributed by atoms with E-state index in [4.69, 9.17) is 0 Å². The summed E-state index contributed by atoms with van der Waals surface area (Å²) in [7, 11) is 0. The summed E-state index contributed by atoms with van der Waals surface area (Å²) in [6.07, 6.45) is 3.34. The summed E-state index contributed by atoms with van der Waals surface area (Å²) in [5.41, 5.74) is 1.85. The molecule has 1 aromatic rings. The number of halogens is 2. The van der Waals surface area contributed by atoms with Gasteiger partial charge in [0.25, 0.3) is 0 Å². The molecule has 1 aliphatic rings. The van der Waals surface area contributed by atoms with Gasteiger partial charge in [0.1, 0.15) is 5.82 Å². The van der Waals surface area contributed by atoms with Crippen LogP contribution in [-0.2, 0) is 0 Å². The van der Waals surface area contributed by atoms with Gasteiger partial charge < -0.3 is 10.6 Å². The van der Waals surface area contributed by atoms with Crippen LogP contribution in [0.1, 0.15) is 26.2 Å². The summed E-state index contributed by atoms with van der Waals surface area (Å²) in [6, 6.07) is 3.80. The summed E-state index contributed by atoms with van der Waals surface area (Å²) < 4.78 is 13.9. The zero-order valence-corrected chi connectivity index (χ0v) is 10.9. The van der Waals surface area contributed by atoms with Crippen molar-refractivity contribution < 1.29 is 4.39 Å². The summed E-state index contributed by atoms with van der Waals surface area (Å²) in [5, 5.41) is 6.73. The molecule has 2 nitrogen and oxygen atoms in total. The molecule has 0 aliphatic carbocycles. The molecular formula is C12H16BrFN2. The van der Waals surface area contributed by atoms with Crippen molar-refractivity contribution in [3.8, 4) is 0 Å². The first-order valence-electron chi connectivity index (χ1n) is 5.70. The summed E-state index contributed by atoms with van der Waals surface area (Å²) in [6.45, 7) is 3.10. The number of nitrogens with one attached hydrogen (secondary N) is 2. The Balaban J connectivity index is 2.25. The molecule has 0 fully saturated rings. The van der Waals surface area contributed by atoms with Gasteiger partial charge in [0.05, 0.1) is 15.8 Å². The molecule has 0 aromatic heterocycles. The molecule has 88 valence electrons. The third-order valence-corrected chi connectivity index (χ3v) is 3.47. The highest BCUT2D eigenvalue weighted by atomic mass is 79.9. The Labute approximate surface area is 104 Å². The zero-order chi connectivity index (χ0) is 11.5. The van der Waals surface area contributed by atoms with Crippen LogP contribution in [0.15, 0.2) is 16.6 Å². The van der Waals surface area contributed by atoms with Gasteiger partial charge in [-0.15, -0.1) is 0 Å². The molecular weight excluding hydrogens is 271 g/mol. The average molecular weight is 287 g/mol. The molecule has 4 heteroatoms. The number of anilines is 2. The standard InChI is InChI=1S/C12H16BrFN2/c1-2-3-8-4-5-15-11-6-9(13)10(14)7-12(11)16-8/h6-8,15-16H,2-5H2,1H3. The lowest BCUT2D eigenvalue weighted by atomic mass is 10.1. The fourth-order valence-electron chi connectivity index (χ4n) is 2.05. The Hall–Kier alpha value is -0.770. The number of hydrogen-bond donors (Lipinski definition) is 2. The third kappa shape index (κ3) is 2.48. The number of fused-ring (bicyclic) bond motifs is 1. The molecule has 0 saturated heterocycles. The molecule has 1 heterocycles. The molecule has 1 aliphatic heterocycles. The van der Waals surface area contributed by atoms with Crippen molar-refractivity contribution in [3.63, 3.8) is 0 Å². The minimum absolute atomic E-state index is 0.217. The minimum atomic E-state index is -0.217. The van der Waals surface area contributed by atoms with Crippen LogP contribution in [0.3, 0.4) is 0 Å². The van der Waals surface area contributed by atoms with E-state index in [-0.39, 0.29) is 5.82 Å². The summed E-state index contributed by atoms with van der Waals surface area (Å²) in [5.74, 6) is -0.217. The highest BCUT2D eigenvalue weighted by Gasteiger charge is 2.16. The van der Waals surface area contributed by atoms with E-state index >= 15 is 0 Å². The van der Waals surface area contributed by atoms with Gasteiger partial charge in [-0.25, -0.2) is 4.39 Å². The average Bonchev–Trinajstić information content (AvgIpc) is 2.42. The van der Waals surface area contributed by atoms with E-state index in [1.165, 1.54) is 0 Å². The molecule has 0 saturated carbocycles. The molecule has 1 unspecified atom stereocenters. The van der Waals surface area contributed by atoms with Crippen molar-refractivity contribution in [2.45, 2.75) is 32.2 Å². The summed E-state index contributed by atoms with van der Waals surface area (Å²) in [4.78, 5) is 0. The summed E-state index contributed by atoms with van der Waals surface area (Å²) >= 11 is 3.20. The molecule has 1 atom stereocenters.